The Morgan fingerprint density at radius 2 is 2.13 bits per heavy atom. The van der Waals surface area contributed by atoms with Crippen LogP contribution in [0.25, 0.3) is 0 Å². The first-order valence-corrected chi connectivity index (χ1v) is 5.46. The number of nitrogens with two attached hydrogens (primary N) is 1. The Kier molecular flexibility index (Phi) is 3.36. The second-order valence-corrected chi connectivity index (χ2v) is 4.13. The van der Waals surface area contributed by atoms with Crippen LogP contribution in [0.3, 0.4) is 0 Å². The van der Waals surface area contributed by atoms with E-state index >= 15 is 0 Å². The molecule has 1 fully saturated rings. The molecule has 0 spiro atoms. The Morgan fingerprint density at radius 1 is 1.40 bits per heavy atom. The minimum Gasteiger partial charge on any atom is -0.300 e. The van der Waals surface area contributed by atoms with E-state index in [1.807, 2.05) is 6.07 Å². The van der Waals surface area contributed by atoms with Gasteiger partial charge in [-0.2, -0.15) is 0 Å². The van der Waals surface area contributed by atoms with Gasteiger partial charge in [0.05, 0.1) is 6.10 Å². The van der Waals surface area contributed by atoms with Crippen molar-refractivity contribution in [2.45, 2.75) is 25.5 Å². The molecular weight excluding hydrogens is 188 g/mol. The molecule has 2 unspecified atom stereocenters. The van der Waals surface area contributed by atoms with E-state index in [1.54, 1.807) is 0 Å². The van der Waals surface area contributed by atoms with Gasteiger partial charge in [-0.3, -0.25) is 9.74 Å². The van der Waals surface area contributed by atoms with E-state index in [0.717, 1.165) is 19.5 Å². The van der Waals surface area contributed by atoms with Crippen LogP contribution < -0.4 is 5.90 Å². The van der Waals surface area contributed by atoms with E-state index in [1.165, 1.54) is 5.56 Å². The Labute approximate surface area is 90.8 Å². The van der Waals surface area contributed by atoms with Crippen molar-refractivity contribution in [3.05, 3.63) is 35.9 Å². The summed E-state index contributed by atoms with van der Waals surface area (Å²) < 4.78 is 0. The molecule has 3 nitrogen and oxygen atoms in total. The maximum atomic E-state index is 5.21. The van der Waals surface area contributed by atoms with Crippen LogP contribution in [0.1, 0.15) is 24.9 Å². The second kappa shape index (κ2) is 4.75. The average molecular weight is 206 g/mol. The number of benzene rings is 1. The van der Waals surface area contributed by atoms with Crippen LogP contribution >= 0.6 is 0 Å². The van der Waals surface area contributed by atoms with Gasteiger partial charge in [0, 0.05) is 19.1 Å². The molecule has 0 radical (unpaired) electrons. The third kappa shape index (κ3) is 2.37. The lowest BCUT2D eigenvalue weighted by molar-refractivity contribution is 0.0561. The Morgan fingerprint density at radius 3 is 2.73 bits per heavy atom. The fourth-order valence-electron chi connectivity index (χ4n) is 2.16. The first kappa shape index (κ1) is 10.6. The number of hydrogen-bond donors (Lipinski definition) is 1. The Bertz CT molecular complexity index is 302. The smallest absolute Gasteiger partial charge is 0.0926 e. The molecule has 3 heteroatoms. The number of hydrogen-bond acceptors (Lipinski definition) is 3. The molecule has 1 aliphatic heterocycles. The number of nitrogens with zero attached hydrogens (tertiary/aromatic N) is 1. The minimum absolute atomic E-state index is 0.205. The van der Waals surface area contributed by atoms with Gasteiger partial charge < -0.3 is 0 Å². The second-order valence-electron chi connectivity index (χ2n) is 4.13. The molecule has 82 valence electrons. The molecular formula is C12H18N2O. The standard InChI is InChI=1S/C12H18N2O/c1-10(11-5-3-2-4-6-11)14-8-7-12(9-14)15-13/h2-6,10,12H,7-9,13H2,1H3. The molecule has 1 aliphatic rings. The van der Waals surface area contributed by atoms with E-state index in [2.05, 4.69) is 36.1 Å². The van der Waals surface area contributed by atoms with Gasteiger partial charge in [-0.1, -0.05) is 30.3 Å². The van der Waals surface area contributed by atoms with Crippen LogP contribution in [-0.4, -0.2) is 24.1 Å². The van der Waals surface area contributed by atoms with E-state index in [4.69, 9.17) is 10.7 Å². The zero-order chi connectivity index (χ0) is 10.7. The molecule has 1 aromatic carbocycles. The predicted octanol–water partition coefficient (Wildman–Crippen LogP) is 1.71. The highest BCUT2D eigenvalue weighted by molar-refractivity contribution is 5.18. The molecule has 0 aromatic heterocycles. The summed E-state index contributed by atoms with van der Waals surface area (Å²) in [6.45, 7) is 4.23. The molecule has 2 rings (SSSR count). The van der Waals surface area contributed by atoms with Gasteiger partial charge in [-0.05, 0) is 18.9 Å². The predicted molar refractivity (Wildman–Crippen MR) is 60.1 cm³/mol. The summed E-state index contributed by atoms with van der Waals surface area (Å²) in [4.78, 5) is 7.30. The molecule has 15 heavy (non-hydrogen) atoms. The van der Waals surface area contributed by atoms with Crippen molar-refractivity contribution in [3.63, 3.8) is 0 Å². The van der Waals surface area contributed by atoms with Crippen molar-refractivity contribution in [2.24, 2.45) is 5.90 Å². The van der Waals surface area contributed by atoms with Crippen molar-refractivity contribution in [2.75, 3.05) is 13.1 Å². The molecule has 0 aliphatic carbocycles. The highest BCUT2D eigenvalue weighted by Gasteiger charge is 2.26. The van der Waals surface area contributed by atoms with Gasteiger partial charge in [0.15, 0.2) is 0 Å². The van der Waals surface area contributed by atoms with Crippen LogP contribution in [0.5, 0.6) is 0 Å². The molecule has 1 saturated heterocycles. The summed E-state index contributed by atoms with van der Waals surface area (Å²) in [7, 11) is 0. The van der Waals surface area contributed by atoms with E-state index in [9.17, 15) is 0 Å². The fraction of sp³-hybridized carbons (Fsp3) is 0.500. The summed E-state index contributed by atoms with van der Waals surface area (Å²) in [5.41, 5.74) is 1.36. The molecule has 1 aromatic rings. The van der Waals surface area contributed by atoms with Gasteiger partial charge in [0.25, 0.3) is 0 Å². The lowest BCUT2D eigenvalue weighted by Crippen LogP contribution is -2.27. The zero-order valence-corrected chi connectivity index (χ0v) is 9.10. The van der Waals surface area contributed by atoms with E-state index in [0.29, 0.717) is 6.04 Å². The normalized spacial score (nSPS) is 24.3. The van der Waals surface area contributed by atoms with Crippen LogP contribution in [0, 0.1) is 0 Å². The average Bonchev–Trinajstić information content (AvgIpc) is 2.78. The van der Waals surface area contributed by atoms with E-state index < -0.39 is 0 Å². The molecule has 1 heterocycles. The van der Waals surface area contributed by atoms with Gasteiger partial charge in [0.1, 0.15) is 0 Å². The third-order valence-electron chi connectivity index (χ3n) is 3.20. The lowest BCUT2D eigenvalue weighted by atomic mass is 10.1. The first-order chi connectivity index (χ1) is 7.31. The molecule has 2 N–H and O–H groups in total. The summed E-state index contributed by atoms with van der Waals surface area (Å²) in [5.74, 6) is 5.21. The monoisotopic (exact) mass is 206 g/mol. The van der Waals surface area contributed by atoms with Crippen LogP contribution in [0.15, 0.2) is 30.3 Å². The van der Waals surface area contributed by atoms with Gasteiger partial charge in [0.2, 0.25) is 0 Å². The van der Waals surface area contributed by atoms with Crippen molar-refractivity contribution in [3.8, 4) is 0 Å². The van der Waals surface area contributed by atoms with Crippen LogP contribution in [0.2, 0.25) is 0 Å². The van der Waals surface area contributed by atoms with Gasteiger partial charge in [-0.25, -0.2) is 5.90 Å². The largest absolute Gasteiger partial charge is 0.300 e. The zero-order valence-electron chi connectivity index (χ0n) is 9.10. The molecule has 2 atom stereocenters. The number of likely N-dealkylation sites (tertiary alicyclic amines) is 1. The van der Waals surface area contributed by atoms with Crippen molar-refractivity contribution >= 4 is 0 Å². The van der Waals surface area contributed by atoms with Gasteiger partial charge >= 0.3 is 0 Å². The third-order valence-corrected chi connectivity index (χ3v) is 3.20. The van der Waals surface area contributed by atoms with Crippen molar-refractivity contribution in [1.29, 1.82) is 0 Å². The summed E-state index contributed by atoms with van der Waals surface area (Å²) in [5, 5.41) is 0. The summed E-state index contributed by atoms with van der Waals surface area (Å²) in [6.07, 6.45) is 1.24. The maximum absolute atomic E-state index is 5.21. The van der Waals surface area contributed by atoms with Crippen molar-refractivity contribution < 1.29 is 4.84 Å². The van der Waals surface area contributed by atoms with E-state index in [-0.39, 0.29) is 6.10 Å². The van der Waals surface area contributed by atoms with Gasteiger partial charge in [-0.15, -0.1) is 0 Å². The topological polar surface area (TPSA) is 38.5 Å². The summed E-state index contributed by atoms with van der Waals surface area (Å²) in [6, 6.07) is 11.0. The van der Waals surface area contributed by atoms with Crippen molar-refractivity contribution in [1.82, 2.24) is 4.90 Å². The highest BCUT2D eigenvalue weighted by Crippen LogP contribution is 2.24. The molecule has 0 amide bonds. The first-order valence-electron chi connectivity index (χ1n) is 5.46. The lowest BCUT2D eigenvalue weighted by Gasteiger charge is -2.24. The SMILES string of the molecule is CC(c1ccccc1)N1CCC(ON)C1. The Hall–Kier alpha value is -0.900. The maximum Gasteiger partial charge on any atom is 0.0926 e. The van der Waals surface area contributed by atoms with Crippen LogP contribution in [0.4, 0.5) is 0 Å². The fourth-order valence-corrected chi connectivity index (χ4v) is 2.16. The molecule has 0 saturated carbocycles. The highest BCUT2D eigenvalue weighted by atomic mass is 16.6. The number of rotatable bonds is 3. The Balaban J connectivity index is 2.00. The quantitative estimate of drug-likeness (QED) is 0.765. The van der Waals surface area contributed by atoms with Crippen LogP contribution in [-0.2, 0) is 4.84 Å². The summed E-state index contributed by atoms with van der Waals surface area (Å²) >= 11 is 0. The minimum atomic E-state index is 0.205. The molecule has 0 bridgehead atoms.